The van der Waals surface area contributed by atoms with Crippen molar-refractivity contribution in [3.8, 4) is 11.1 Å². The molecule has 35 heavy (non-hydrogen) atoms. The second-order valence-corrected chi connectivity index (χ2v) is 8.99. The first kappa shape index (κ1) is 24.7. The van der Waals surface area contributed by atoms with Crippen molar-refractivity contribution >= 4 is 18.0 Å². The van der Waals surface area contributed by atoms with Crippen LogP contribution >= 0.6 is 0 Å². The van der Waals surface area contributed by atoms with E-state index in [0.29, 0.717) is 13.0 Å². The first-order valence-corrected chi connectivity index (χ1v) is 12.2. The van der Waals surface area contributed by atoms with Crippen LogP contribution in [0.2, 0.25) is 0 Å². The zero-order valence-corrected chi connectivity index (χ0v) is 20.1. The number of ether oxygens (including phenoxy) is 2. The quantitative estimate of drug-likeness (QED) is 0.569. The molecule has 0 radical (unpaired) electrons. The second kappa shape index (κ2) is 10.9. The molecule has 1 fully saturated rings. The minimum Gasteiger partial charge on any atom is -0.481 e. The van der Waals surface area contributed by atoms with Crippen molar-refractivity contribution in [3.05, 3.63) is 59.7 Å². The van der Waals surface area contributed by atoms with Crippen LogP contribution in [0.25, 0.3) is 11.1 Å². The highest BCUT2D eigenvalue weighted by Crippen LogP contribution is 2.44. The maximum Gasteiger partial charge on any atom is 0.407 e. The number of rotatable bonds is 9. The smallest absolute Gasteiger partial charge is 0.407 e. The molecule has 2 aromatic carbocycles. The molecule has 2 aromatic rings. The average Bonchev–Trinajstić information content (AvgIpc) is 3.43. The van der Waals surface area contributed by atoms with Crippen LogP contribution in [0.1, 0.15) is 37.3 Å². The normalized spacial score (nSPS) is 19.7. The Balaban J connectivity index is 1.32. The van der Waals surface area contributed by atoms with Gasteiger partial charge in [0.1, 0.15) is 12.5 Å². The number of aliphatic carboxylic acids is 1. The van der Waals surface area contributed by atoms with E-state index in [-0.39, 0.29) is 38.1 Å². The minimum absolute atomic E-state index is 0.0372. The third-order valence-corrected chi connectivity index (χ3v) is 6.95. The van der Waals surface area contributed by atoms with Gasteiger partial charge in [-0.2, -0.15) is 0 Å². The summed E-state index contributed by atoms with van der Waals surface area (Å²) in [4.78, 5) is 38.6. The Kier molecular flexibility index (Phi) is 7.70. The molecule has 1 saturated heterocycles. The largest absolute Gasteiger partial charge is 0.481 e. The molecule has 3 atom stereocenters. The minimum atomic E-state index is -0.969. The van der Waals surface area contributed by atoms with Crippen LogP contribution in [0.15, 0.2) is 48.5 Å². The van der Waals surface area contributed by atoms with E-state index in [0.717, 1.165) is 22.3 Å². The van der Waals surface area contributed by atoms with Crippen LogP contribution in [-0.4, -0.2) is 66.9 Å². The zero-order chi connectivity index (χ0) is 24.9. The first-order chi connectivity index (χ1) is 16.9. The van der Waals surface area contributed by atoms with E-state index >= 15 is 0 Å². The number of carbonyl (C=O) groups excluding carboxylic acids is 2. The van der Waals surface area contributed by atoms with Crippen LogP contribution < -0.4 is 5.32 Å². The Morgan fingerprint density at radius 3 is 2.23 bits per heavy atom. The van der Waals surface area contributed by atoms with Gasteiger partial charge in [-0.3, -0.25) is 9.59 Å². The van der Waals surface area contributed by atoms with Gasteiger partial charge in [-0.05, 0) is 35.6 Å². The summed E-state index contributed by atoms with van der Waals surface area (Å²) >= 11 is 0. The van der Waals surface area contributed by atoms with Gasteiger partial charge in [0.2, 0.25) is 5.91 Å². The molecule has 2 aliphatic rings. The van der Waals surface area contributed by atoms with Gasteiger partial charge < -0.3 is 24.8 Å². The molecule has 3 unspecified atom stereocenters. The molecule has 2 N–H and O–H groups in total. The fourth-order valence-corrected chi connectivity index (χ4v) is 5.09. The Morgan fingerprint density at radius 2 is 1.66 bits per heavy atom. The van der Waals surface area contributed by atoms with E-state index in [4.69, 9.17) is 9.47 Å². The third-order valence-electron chi connectivity index (χ3n) is 6.95. The number of benzene rings is 2. The lowest BCUT2D eigenvalue weighted by atomic mass is 9.98. The average molecular weight is 481 g/mol. The molecule has 0 saturated carbocycles. The summed E-state index contributed by atoms with van der Waals surface area (Å²) in [7, 11) is 0. The summed E-state index contributed by atoms with van der Waals surface area (Å²) in [5, 5.41) is 12.2. The van der Waals surface area contributed by atoms with E-state index in [1.165, 1.54) is 4.90 Å². The number of hydrogen-bond acceptors (Lipinski definition) is 5. The van der Waals surface area contributed by atoms with Gasteiger partial charge >= 0.3 is 12.1 Å². The molecule has 1 heterocycles. The summed E-state index contributed by atoms with van der Waals surface area (Å²) in [5.41, 5.74) is 4.58. The standard InChI is InChI=1S/C27H32N2O6/c1-3-17(25(30)29-14-22(26(31)32)24(15-29)34-4-2)13-28-27(33)35-16-23-20-11-7-5-9-18(20)19-10-6-8-12-21(19)23/h5-12,17,22-24H,3-4,13-16H2,1-2H3,(H,28,33)(H,31,32). The van der Waals surface area contributed by atoms with E-state index in [9.17, 15) is 19.5 Å². The summed E-state index contributed by atoms with van der Waals surface area (Å²) in [6.07, 6.45) is -0.583. The van der Waals surface area contributed by atoms with Crippen LogP contribution in [0.3, 0.4) is 0 Å². The Labute approximate surface area is 205 Å². The number of nitrogens with one attached hydrogen (secondary N) is 1. The molecule has 186 valence electrons. The highest BCUT2D eigenvalue weighted by atomic mass is 16.5. The van der Waals surface area contributed by atoms with Crippen molar-refractivity contribution in [3.63, 3.8) is 0 Å². The van der Waals surface area contributed by atoms with Crippen molar-refractivity contribution < 1.29 is 29.0 Å². The number of amides is 2. The van der Waals surface area contributed by atoms with Gasteiger partial charge in [-0.1, -0.05) is 55.5 Å². The monoisotopic (exact) mass is 480 g/mol. The highest BCUT2D eigenvalue weighted by molar-refractivity contribution is 5.82. The molecular formula is C27H32N2O6. The molecule has 8 nitrogen and oxygen atoms in total. The van der Waals surface area contributed by atoms with Crippen molar-refractivity contribution in [1.29, 1.82) is 0 Å². The van der Waals surface area contributed by atoms with Crippen molar-refractivity contribution in [2.45, 2.75) is 32.3 Å². The molecule has 0 spiro atoms. The number of alkyl carbamates (subject to hydrolysis) is 1. The van der Waals surface area contributed by atoms with Crippen LogP contribution in [0.5, 0.6) is 0 Å². The fraction of sp³-hybridized carbons (Fsp3) is 0.444. The molecule has 1 aliphatic carbocycles. The molecule has 0 bridgehead atoms. The van der Waals surface area contributed by atoms with E-state index in [2.05, 4.69) is 29.6 Å². The van der Waals surface area contributed by atoms with E-state index in [1.807, 2.05) is 31.2 Å². The Morgan fingerprint density at radius 1 is 1.03 bits per heavy atom. The SMILES string of the molecule is CCOC1CN(C(=O)C(CC)CNC(=O)OCC2c3ccccc3-c3ccccc32)CC1C(=O)O. The number of likely N-dealkylation sites (tertiary alicyclic amines) is 1. The van der Waals surface area contributed by atoms with Gasteiger partial charge in [0.25, 0.3) is 0 Å². The number of carbonyl (C=O) groups is 3. The fourth-order valence-electron chi connectivity index (χ4n) is 5.09. The number of hydrogen-bond donors (Lipinski definition) is 2. The summed E-state index contributed by atoms with van der Waals surface area (Å²) in [5.74, 6) is -2.40. The van der Waals surface area contributed by atoms with Crippen LogP contribution in [0.4, 0.5) is 4.79 Å². The predicted molar refractivity (Wildman–Crippen MR) is 130 cm³/mol. The van der Waals surface area contributed by atoms with Gasteiger partial charge in [0.15, 0.2) is 0 Å². The predicted octanol–water partition coefficient (Wildman–Crippen LogP) is 3.50. The lowest BCUT2D eigenvalue weighted by Crippen LogP contribution is -2.41. The lowest BCUT2D eigenvalue weighted by Gasteiger charge is -2.23. The van der Waals surface area contributed by atoms with Gasteiger partial charge in [0, 0.05) is 32.2 Å². The maximum absolute atomic E-state index is 13.0. The lowest BCUT2D eigenvalue weighted by molar-refractivity contribution is -0.145. The van der Waals surface area contributed by atoms with E-state index in [1.54, 1.807) is 6.92 Å². The second-order valence-electron chi connectivity index (χ2n) is 8.99. The number of carboxylic acid groups (broad SMARTS) is 1. The Hall–Kier alpha value is -3.39. The summed E-state index contributed by atoms with van der Waals surface area (Å²) in [6.45, 7) is 4.73. The van der Waals surface area contributed by atoms with Gasteiger partial charge in [-0.25, -0.2) is 4.79 Å². The van der Waals surface area contributed by atoms with Crippen molar-refractivity contribution in [2.24, 2.45) is 11.8 Å². The highest BCUT2D eigenvalue weighted by Gasteiger charge is 2.41. The Bertz CT molecular complexity index is 1040. The molecule has 0 aromatic heterocycles. The van der Waals surface area contributed by atoms with E-state index < -0.39 is 30.0 Å². The number of carboxylic acids is 1. The zero-order valence-electron chi connectivity index (χ0n) is 20.1. The topological polar surface area (TPSA) is 105 Å². The maximum atomic E-state index is 13.0. The number of nitrogens with zero attached hydrogens (tertiary/aromatic N) is 1. The van der Waals surface area contributed by atoms with Gasteiger partial charge in [0.05, 0.1) is 12.0 Å². The molecule has 2 amide bonds. The summed E-state index contributed by atoms with van der Waals surface area (Å²) in [6, 6.07) is 16.2. The van der Waals surface area contributed by atoms with Crippen LogP contribution in [0, 0.1) is 11.8 Å². The molecular weight excluding hydrogens is 448 g/mol. The molecule has 1 aliphatic heterocycles. The summed E-state index contributed by atoms with van der Waals surface area (Å²) < 4.78 is 11.1. The number of fused-ring (bicyclic) bond motifs is 3. The van der Waals surface area contributed by atoms with Crippen molar-refractivity contribution in [2.75, 3.05) is 32.8 Å². The molecule has 8 heteroatoms. The van der Waals surface area contributed by atoms with Crippen LogP contribution in [-0.2, 0) is 19.1 Å². The first-order valence-electron chi connectivity index (χ1n) is 12.2. The third kappa shape index (κ3) is 5.17. The van der Waals surface area contributed by atoms with Crippen molar-refractivity contribution in [1.82, 2.24) is 10.2 Å². The molecule has 4 rings (SSSR count). The van der Waals surface area contributed by atoms with Gasteiger partial charge in [-0.15, -0.1) is 0 Å².